The maximum atomic E-state index is 13.1. The highest BCUT2D eigenvalue weighted by atomic mass is 19.4. The number of hydrogen-bond acceptors (Lipinski definition) is 4. The average molecular weight is 346 g/mol. The van der Waals surface area contributed by atoms with E-state index < -0.39 is 28.7 Å². The molecule has 0 aromatic heterocycles. The van der Waals surface area contributed by atoms with Crippen LogP contribution in [0.4, 0.5) is 13.2 Å². The SMILES string of the molecule is CCOC(=O)/C=C(\C=C\C1(O)C(C)=CC(=O)CC1(C)C)C(F)(F)F. The van der Waals surface area contributed by atoms with Crippen molar-refractivity contribution in [2.75, 3.05) is 6.61 Å². The van der Waals surface area contributed by atoms with E-state index in [1.54, 1.807) is 13.8 Å². The van der Waals surface area contributed by atoms with E-state index in [-0.39, 0.29) is 24.4 Å². The predicted octanol–water partition coefficient (Wildman–Crippen LogP) is 3.27. The van der Waals surface area contributed by atoms with Crippen molar-refractivity contribution in [2.24, 2.45) is 5.41 Å². The van der Waals surface area contributed by atoms with Gasteiger partial charge >= 0.3 is 12.1 Å². The fourth-order valence-corrected chi connectivity index (χ4v) is 2.61. The van der Waals surface area contributed by atoms with Crippen molar-refractivity contribution in [1.82, 2.24) is 0 Å². The van der Waals surface area contributed by atoms with Crippen LogP contribution in [0.25, 0.3) is 0 Å². The third kappa shape index (κ3) is 4.35. The molecular formula is C17H21F3O4. The number of halogens is 3. The van der Waals surface area contributed by atoms with E-state index in [1.165, 1.54) is 19.9 Å². The van der Waals surface area contributed by atoms with Gasteiger partial charge in [-0.1, -0.05) is 19.9 Å². The molecule has 1 unspecified atom stereocenters. The van der Waals surface area contributed by atoms with E-state index in [0.717, 1.165) is 6.08 Å². The predicted molar refractivity (Wildman–Crippen MR) is 82.0 cm³/mol. The Hall–Kier alpha value is -1.89. The molecule has 0 saturated carbocycles. The smallest absolute Gasteiger partial charge is 0.416 e. The molecular weight excluding hydrogens is 325 g/mol. The van der Waals surface area contributed by atoms with Crippen molar-refractivity contribution < 1.29 is 32.6 Å². The van der Waals surface area contributed by atoms with Crippen molar-refractivity contribution in [3.63, 3.8) is 0 Å². The number of hydrogen-bond donors (Lipinski definition) is 1. The Kier molecular flexibility index (Phi) is 5.82. The fourth-order valence-electron chi connectivity index (χ4n) is 2.61. The number of ketones is 1. The number of ether oxygens (including phenoxy) is 1. The van der Waals surface area contributed by atoms with Crippen molar-refractivity contribution in [1.29, 1.82) is 0 Å². The highest BCUT2D eigenvalue weighted by Crippen LogP contribution is 2.44. The summed E-state index contributed by atoms with van der Waals surface area (Å²) in [5.41, 5.74) is -3.72. The molecule has 0 fully saturated rings. The monoisotopic (exact) mass is 346 g/mol. The van der Waals surface area contributed by atoms with Crippen LogP contribution in [-0.2, 0) is 14.3 Å². The van der Waals surface area contributed by atoms with Crippen molar-refractivity contribution >= 4 is 11.8 Å². The highest BCUT2D eigenvalue weighted by molar-refractivity contribution is 5.92. The molecule has 0 aliphatic heterocycles. The van der Waals surface area contributed by atoms with Gasteiger partial charge in [0.1, 0.15) is 5.60 Å². The summed E-state index contributed by atoms with van der Waals surface area (Å²) in [6.07, 6.45) is -1.61. The van der Waals surface area contributed by atoms with Gasteiger partial charge in [-0.05, 0) is 31.6 Å². The Morgan fingerprint density at radius 3 is 2.46 bits per heavy atom. The third-order valence-electron chi connectivity index (χ3n) is 4.02. The summed E-state index contributed by atoms with van der Waals surface area (Å²) in [7, 11) is 0. The lowest BCUT2D eigenvalue weighted by atomic mass is 9.64. The molecule has 0 heterocycles. The van der Waals surface area contributed by atoms with E-state index in [1.807, 2.05) is 0 Å². The Labute approximate surface area is 138 Å². The minimum atomic E-state index is -4.79. The summed E-state index contributed by atoms with van der Waals surface area (Å²) in [5, 5.41) is 10.8. The van der Waals surface area contributed by atoms with Gasteiger partial charge in [0.2, 0.25) is 0 Å². The van der Waals surface area contributed by atoms with Crippen LogP contribution in [-0.4, -0.2) is 35.2 Å². The van der Waals surface area contributed by atoms with Gasteiger partial charge in [0, 0.05) is 17.9 Å². The van der Waals surface area contributed by atoms with E-state index in [9.17, 15) is 27.9 Å². The first-order valence-electron chi connectivity index (χ1n) is 7.42. The van der Waals surface area contributed by atoms with Crippen LogP contribution in [0, 0.1) is 5.41 Å². The van der Waals surface area contributed by atoms with Gasteiger partial charge < -0.3 is 9.84 Å². The van der Waals surface area contributed by atoms with Gasteiger partial charge in [-0.15, -0.1) is 0 Å². The van der Waals surface area contributed by atoms with Crippen molar-refractivity contribution in [3.8, 4) is 0 Å². The van der Waals surface area contributed by atoms with E-state index in [0.29, 0.717) is 12.2 Å². The van der Waals surface area contributed by atoms with Gasteiger partial charge in [0.05, 0.1) is 12.2 Å². The van der Waals surface area contributed by atoms with Gasteiger partial charge in [0.15, 0.2) is 5.78 Å². The molecule has 0 spiro atoms. The standard InChI is InChI=1S/C17H21F3O4/c1-5-24-14(22)9-12(17(18,19)20)6-7-16(23)11(2)8-13(21)10-15(16,3)4/h6-9,23H,5,10H2,1-4H3/b7-6+,12-9+. The molecule has 1 aliphatic carbocycles. The second kappa shape index (κ2) is 6.93. The van der Waals surface area contributed by atoms with Gasteiger partial charge in [-0.25, -0.2) is 4.79 Å². The van der Waals surface area contributed by atoms with Gasteiger partial charge in [0.25, 0.3) is 0 Å². The van der Waals surface area contributed by atoms with E-state index >= 15 is 0 Å². The topological polar surface area (TPSA) is 63.6 Å². The number of alkyl halides is 3. The summed E-state index contributed by atoms with van der Waals surface area (Å²) in [4.78, 5) is 22.9. The van der Waals surface area contributed by atoms with Gasteiger partial charge in [-0.3, -0.25) is 4.79 Å². The molecule has 0 amide bonds. The largest absolute Gasteiger partial charge is 0.463 e. The Bertz CT molecular complexity index is 612. The minimum absolute atomic E-state index is 0.00583. The van der Waals surface area contributed by atoms with Crippen LogP contribution in [0.2, 0.25) is 0 Å². The molecule has 134 valence electrons. The Morgan fingerprint density at radius 2 is 2.00 bits per heavy atom. The van der Waals surface area contributed by atoms with Crippen molar-refractivity contribution in [2.45, 2.75) is 45.9 Å². The van der Waals surface area contributed by atoms with Crippen LogP contribution in [0.1, 0.15) is 34.1 Å². The number of rotatable bonds is 4. The van der Waals surface area contributed by atoms with Crippen LogP contribution < -0.4 is 0 Å². The average Bonchev–Trinajstić information content (AvgIpc) is 2.39. The molecule has 0 saturated heterocycles. The molecule has 0 radical (unpaired) electrons. The summed E-state index contributed by atoms with van der Waals surface area (Å²) < 4.78 is 43.7. The van der Waals surface area contributed by atoms with Crippen molar-refractivity contribution in [3.05, 3.63) is 35.5 Å². The molecule has 4 nitrogen and oxygen atoms in total. The molecule has 1 rings (SSSR count). The van der Waals surface area contributed by atoms with E-state index in [2.05, 4.69) is 4.74 Å². The number of carbonyl (C=O) groups is 2. The summed E-state index contributed by atoms with van der Waals surface area (Å²) in [6.45, 7) is 6.09. The zero-order valence-electron chi connectivity index (χ0n) is 14.0. The third-order valence-corrected chi connectivity index (χ3v) is 4.02. The number of esters is 1. The second-order valence-electron chi connectivity index (χ2n) is 6.30. The lowest BCUT2D eigenvalue weighted by molar-refractivity contribution is -0.138. The first-order chi connectivity index (χ1) is 10.8. The fraction of sp³-hybridized carbons (Fsp3) is 0.529. The first kappa shape index (κ1) is 20.2. The molecule has 24 heavy (non-hydrogen) atoms. The lowest BCUT2D eigenvalue weighted by Gasteiger charge is -2.44. The van der Waals surface area contributed by atoms with E-state index in [4.69, 9.17) is 0 Å². The molecule has 1 atom stereocenters. The zero-order chi connectivity index (χ0) is 18.8. The lowest BCUT2D eigenvalue weighted by Crippen LogP contribution is -2.48. The molecule has 1 N–H and O–H groups in total. The molecule has 0 aromatic carbocycles. The van der Waals surface area contributed by atoms with Crippen LogP contribution in [0.5, 0.6) is 0 Å². The highest BCUT2D eigenvalue weighted by Gasteiger charge is 2.47. The van der Waals surface area contributed by atoms with Crippen LogP contribution in [0.3, 0.4) is 0 Å². The quantitative estimate of drug-likeness (QED) is 0.482. The van der Waals surface area contributed by atoms with Gasteiger partial charge in [-0.2, -0.15) is 13.2 Å². The maximum Gasteiger partial charge on any atom is 0.416 e. The second-order valence-corrected chi connectivity index (χ2v) is 6.30. The summed E-state index contributed by atoms with van der Waals surface area (Å²) in [6, 6.07) is 0. The minimum Gasteiger partial charge on any atom is -0.463 e. The zero-order valence-corrected chi connectivity index (χ0v) is 14.0. The van der Waals surface area contributed by atoms with Crippen LogP contribution >= 0.6 is 0 Å². The Morgan fingerprint density at radius 1 is 1.42 bits per heavy atom. The normalized spacial score (nSPS) is 24.9. The molecule has 7 heteroatoms. The Balaban J connectivity index is 3.29. The summed E-state index contributed by atoms with van der Waals surface area (Å²) >= 11 is 0. The summed E-state index contributed by atoms with van der Waals surface area (Å²) in [5.74, 6) is -1.32. The van der Waals surface area contributed by atoms with Crippen LogP contribution in [0.15, 0.2) is 35.5 Å². The number of allylic oxidation sites excluding steroid dienone is 3. The maximum absolute atomic E-state index is 13.1. The molecule has 0 aromatic rings. The number of aliphatic hydroxyl groups is 1. The molecule has 1 aliphatic rings. The molecule has 0 bridgehead atoms. The first-order valence-corrected chi connectivity index (χ1v) is 7.42. The number of carbonyl (C=O) groups excluding carboxylic acids is 2.